The van der Waals surface area contributed by atoms with E-state index < -0.39 is 0 Å². The maximum absolute atomic E-state index is 12.2. The Bertz CT molecular complexity index is 552. The second-order valence-corrected chi connectivity index (χ2v) is 4.35. The van der Waals surface area contributed by atoms with Crippen LogP contribution >= 0.6 is 11.6 Å². The maximum Gasteiger partial charge on any atom is 0.256 e. The zero-order valence-corrected chi connectivity index (χ0v) is 10.6. The summed E-state index contributed by atoms with van der Waals surface area (Å²) in [6.07, 6.45) is 1.57. The molecule has 18 heavy (non-hydrogen) atoms. The van der Waals surface area contributed by atoms with Crippen molar-refractivity contribution in [2.45, 2.75) is 6.54 Å². The lowest BCUT2D eigenvalue weighted by molar-refractivity contribution is 0.0776. The van der Waals surface area contributed by atoms with E-state index in [-0.39, 0.29) is 5.91 Å². The van der Waals surface area contributed by atoms with Crippen LogP contribution in [-0.2, 0) is 6.54 Å². The van der Waals surface area contributed by atoms with E-state index in [9.17, 15) is 4.79 Å². The van der Waals surface area contributed by atoms with Crippen LogP contribution < -0.4 is 5.73 Å². The molecule has 1 heterocycles. The number of nitrogens with zero attached hydrogens (tertiary/aromatic N) is 1. The molecule has 0 fully saturated rings. The average molecular weight is 265 g/mol. The van der Waals surface area contributed by atoms with E-state index in [2.05, 4.69) is 0 Å². The Morgan fingerprint density at radius 3 is 2.83 bits per heavy atom. The largest absolute Gasteiger partial charge is 0.467 e. The highest BCUT2D eigenvalue weighted by Gasteiger charge is 2.16. The van der Waals surface area contributed by atoms with Gasteiger partial charge in [0.1, 0.15) is 5.76 Å². The molecule has 0 unspecified atom stereocenters. The van der Waals surface area contributed by atoms with Crippen LogP contribution in [0.5, 0.6) is 0 Å². The van der Waals surface area contributed by atoms with Crippen molar-refractivity contribution in [1.29, 1.82) is 0 Å². The molecule has 94 valence electrons. The third-order valence-electron chi connectivity index (χ3n) is 2.60. The van der Waals surface area contributed by atoms with Gasteiger partial charge in [0.15, 0.2) is 0 Å². The van der Waals surface area contributed by atoms with Crippen LogP contribution in [0.15, 0.2) is 41.0 Å². The molecule has 0 aliphatic rings. The summed E-state index contributed by atoms with van der Waals surface area (Å²) >= 11 is 5.89. The van der Waals surface area contributed by atoms with Gasteiger partial charge in [0, 0.05) is 7.05 Å². The quantitative estimate of drug-likeness (QED) is 0.867. The molecule has 0 spiro atoms. The Balaban J connectivity index is 2.18. The van der Waals surface area contributed by atoms with Crippen molar-refractivity contribution in [3.8, 4) is 0 Å². The first kappa shape index (κ1) is 12.5. The van der Waals surface area contributed by atoms with Crippen LogP contribution in [-0.4, -0.2) is 17.9 Å². The number of para-hydroxylation sites is 1. The van der Waals surface area contributed by atoms with Crippen LogP contribution in [0.1, 0.15) is 16.1 Å². The SMILES string of the molecule is CN(Cc1ccco1)C(=O)c1cccc(Cl)c1N. The second-order valence-electron chi connectivity index (χ2n) is 3.94. The minimum atomic E-state index is -0.189. The first-order chi connectivity index (χ1) is 8.59. The predicted octanol–water partition coefficient (Wildman–Crippen LogP) is 2.79. The lowest BCUT2D eigenvalue weighted by Crippen LogP contribution is -2.26. The van der Waals surface area contributed by atoms with Crippen molar-refractivity contribution in [3.05, 3.63) is 52.9 Å². The minimum Gasteiger partial charge on any atom is -0.467 e. The normalized spacial score (nSPS) is 10.3. The van der Waals surface area contributed by atoms with E-state index in [1.54, 1.807) is 37.6 Å². The summed E-state index contributed by atoms with van der Waals surface area (Å²) in [5, 5.41) is 0.382. The Kier molecular flexibility index (Phi) is 3.58. The van der Waals surface area contributed by atoms with E-state index in [1.165, 1.54) is 4.90 Å². The predicted molar refractivity (Wildman–Crippen MR) is 70.4 cm³/mol. The zero-order chi connectivity index (χ0) is 13.1. The van der Waals surface area contributed by atoms with Gasteiger partial charge in [-0.05, 0) is 24.3 Å². The van der Waals surface area contributed by atoms with Crippen LogP contribution in [0.2, 0.25) is 5.02 Å². The molecule has 1 amide bonds. The van der Waals surface area contributed by atoms with Crippen LogP contribution in [0.4, 0.5) is 5.69 Å². The first-order valence-electron chi connectivity index (χ1n) is 5.41. The number of carbonyl (C=O) groups excluding carboxylic acids is 1. The van der Waals surface area contributed by atoms with Gasteiger partial charge in [0.05, 0.1) is 29.1 Å². The van der Waals surface area contributed by atoms with Gasteiger partial charge in [-0.3, -0.25) is 4.79 Å². The van der Waals surface area contributed by atoms with Gasteiger partial charge >= 0.3 is 0 Å². The Morgan fingerprint density at radius 1 is 1.39 bits per heavy atom. The van der Waals surface area contributed by atoms with E-state index in [0.29, 0.717) is 28.6 Å². The fourth-order valence-electron chi connectivity index (χ4n) is 1.64. The molecular weight excluding hydrogens is 252 g/mol. The summed E-state index contributed by atoms with van der Waals surface area (Å²) in [5.41, 5.74) is 6.49. The standard InChI is InChI=1S/C13H13ClN2O2/c1-16(8-9-4-3-7-18-9)13(17)10-5-2-6-11(14)12(10)15/h2-7H,8,15H2,1H3. The van der Waals surface area contributed by atoms with E-state index in [0.717, 1.165) is 0 Å². The summed E-state index contributed by atoms with van der Waals surface area (Å²) in [7, 11) is 1.69. The fourth-order valence-corrected chi connectivity index (χ4v) is 1.81. The summed E-state index contributed by atoms with van der Waals surface area (Å²) in [6.45, 7) is 0.387. The van der Waals surface area contributed by atoms with E-state index in [1.807, 2.05) is 6.07 Å². The zero-order valence-electron chi connectivity index (χ0n) is 9.89. The third-order valence-corrected chi connectivity index (χ3v) is 2.93. The number of hydrogen-bond acceptors (Lipinski definition) is 3. The van der Waals surface area contributed by atoms with Gasteiger partial charge in [-0.1, -0.05) is 17.7 Å². The number of hydrogen-bond donors (Lipinski definition) is 1. The number of carbonyl (C=O) groups is 1. The van der Waals surface area contributed by atoms with Gasteiger partial charge in [0.2, 0.25) is 0 Å². The maximum atomic E-state index is 12.2. The molecule has 0 saturated heterocycles. The molecular formula is C13H13ClN2O2. The number of furan rings is 1. The molecule has 0 bridgehead atoms. The van der Waals surface area contributed by atoms with Crippen molar-refractivity contribution in [3.63, 3.8) is 0 Å². The number of amides is 1. The molecule has 0 aliphatic heterocycles. The van der Waals surface area contributed by atoms with Crippen molar-refractivity contribution >= 4 is 23.2 Å². The molecule has 2 N–H and O–H groups in total. The molecule has 1 aromatic carbocycles. The molecule has 0 atom stereocenters. The number of anilines is 1. The number of rotatable bonds is 3. The summed E-state index contributed by atoms with van der Waals surface area (Å²) in [4.78, 5) is 13.7. The molecule has 4 nitrogen and oxygen atoms in total. The van der Waals surface area contributed by atoms with Crippen LogP contribution in [0, 0.1) is 0 Å². The Labute approximate surface area is 110 Å². The molecule has 5 heteroatoms. The highest BCUT2D eigenvalue weighted by Crippen LogP contribution is 2.23. The van der Waals surface area contributed by atoms with E-state index >= 15 is 0 Å². The van der Waals surface area contributed by atoms with Crippen molar-refractivity contribution < 1.29 is 9.21 Å². The van der Waals surface area contributed by atoms with Gasteiger partial charge in [-0.2, -0.15) is 0 Å². The number of nitrogen functional groups attached to an aromatic ring is 1. The monoisotopic (exact) mass is 264 g/mol. The van der Waals surface area contributed by atoms with Gasteiger partial charge < -0.3 is 15.1 Å². The van der Waals surface area contributed by atoms with Crippen LogP contribution in [0.25, 0.3) is 0 Å². The summed E-state index contributed by atoms with van der Waals surface area (Å²) in [5.74, 6) is 0.526. The van der Waals surface area contributed by atoms with Crippen molar-refractivity contribution in [2.75, 3.05) is 12.8 Å². The highest BCUT2D eigenvalue weighted by molar-refractivity contribution is 6.33. The van der Waals surface area contributed by atoms with Crippen molar-refractivity contribution in [1.82, 2.24) is 4.90 Å². The average Bonchev–Trinajstić information content (AvgIpc) is 2.84. The molecule has 1 aromatic heterocycles. The van der Waals surface area contributed by atoms with E-state index in [4.69, 9.17) is 21.8 Å². The van der Waals surface area contributed by atoms with Crippen LogP contribution in [0.3, 0.4) is 0 Å². The molecule has 0 saturated carbocycles. The Morgan fingerprint density at radius 2 is 2.17 bits per heavy atom. The summed E-state index contributed by atoms with van der Waals surface area (Å²) < 4.78 is 5.19. The highest BCUT2D eigenvalue weighted by atomic mass is 35.5. The van der Waals surface area contributed by atoms with Gasteiger partial charge in [-0.15, -0.1) is 0 Å². The van der Waals surface area contributed by atoms with Crippen molar-refractivity contribution in [2.24, 2.45) is 0 Å². The lowest BCUT2D eigenvalue weighted by Gasteiger charge is -2.17. The molecule has 2 aromatic rings. The number of benzene rings is 1. The van der Waals surface area contributed by atoms with Gasteiger partial charge in [0.25, 0.3) is 5.91 Å². The minimum absolute atomic E-state index is 0.189. The number of halogens is 1. The first-order valence-corrected chi connectivity index (χ1v) is 5.79. The topological polar surface area (TPSA) is 59.5 Å². The second kappa shape index (κ2) is 5.14. The third kappa shape index (κ3) is 2.49. The molecule has 0 radical (unpaired) electrons. The smallest absolute Gasteiger partial charge is 0.256 e. The molecule has 0 aliphatic carbocycles. The lowest BCUT2D eigenvalue weighted by atomic mass is 10.1. The summed E-state index contributed by atoms with van der Waals surface area (Å²) in [6, 6.07) is 8.60. The number of nitrogens with two attached hydrogens (primary N) is 1. The molecule has 2 rings (SSSR count). The fraction of sp³-hybridized carbons (Fsp3) is 0.154. The Hall–Kier alpha value is -1.94. The van der Waals surface area contributed by atoms with Gasteiger partial charge in [-0.25, -0.2) is 0 Å².